The molecule has 1 saturated heterocycles. The molecule has 0 amide bonds. The Kier molecular flexibility index (Phi) is 6.35. The number of nitrogens with zero attached hydrogens (tertiary/aromatic N) is 1. The van der Waals surface area contributed by atoms with Crippen molar-refractivity contribution >= 4 is 0 Å². The highest BCUT2D eigenvalue weighted by atomic mass is 16.5. The minimum absolute atomic E-state index is 0.0276. The predicted molar refractivity (Wildman–Crippen MR) is 144 cm³/mol. The van der Waals surface area contributed by atoms with E-state index in [1.54, 1.807) is 21.3 Å². The van der Waals surface area contributed by atoms with Gasteiger partial charge in [0.15, 0.2) is 0 Å². The van der Waals surface area contributed by atoms with E-state index in [9.17, 15) is 15.3 Å². The summed E-state index contributed by atoms with van der Waals surface area (Å²) in [5.41, 5.74) is -2.71. The van der Waals surface area contributed by atoms with Crippen molar-refractivity contribution in [2.75, 3.05) is 48.6 Å². The van der Waals surface area contributed by atoms with Gasteiger partial charge in [-0.15, -0.1) is 0 Å². The quantitative estimate of drug-likeness (QED) is 0.431. The highest BCUT2D eigenvalue weighted by molar-refractivity contribution is 5.39. The number of rotatable bonds is 8. The molecule has 0 aromatic heterocycles. The van der Waals surface area contributed by atoms with Crippen molar-refractivity contribution in [1.29, 1.82) is 0 Å². The Morgan fingerprint density at radius 2 is 1.73 bits per heavy atom. The van der Waals surface area contributed by atoms with E-state index in [0.29, 0.717) is 19.6 Å². The van der Waals surface area contributed by atoms with Gasteiger partial charge in [-0.1, -0.05) is 30.3 Å². The van der Waals surface area contributed by atoms with Crippen molar-refractivity contribution in [1.82, 2.24) is 4.90 Å². The number of methoxy groups -OCH3 is 4. The van der Waals surface area contributed by atoms with Crippen LogP contribution in [0, 0.1) is 34.5 Å². The van der Waals surface area contributed by atoms with Crippen LogP contribution in [0.4, 0.5) is 0 Å². The van der Waals surface area contributed by atoms with Crippen LogP contribution in [0.5, 0.6) is 0 Å². The maximum atomic E-state index is 13.1. The summed E-state index contributed by atoms with van der Waals surface area (Å²) in [6.07, 6.45) is -1.32. The maximum Gasteiger partial charge on any atom is 0.120 e. The molecule has 1 aromatic rings. The summed E-state index contributed by atoms with van der Waals surface area (Å²) in [5, 5.41) is 37.6. The first-order valence-electron chi connectivity index (χ1n) is 14.8. The van der Waals surface area contributed by atoms with Gasteiger partial charge in [0.05, 0.1) is 31.5 Å². The van der Waals surface area contributed by atoms with Gasteiger partial charge >= 0.3 is 0 Å². The SMILES string of the molecule is COCC12CCC(OC)C34C5C[C@@]6(O)C(OCc7ccccc7)C5[C@@](O)(C(C(OC)C13)C4N(C)C2)C(O)[C@@H]6OC. The maximum absolute atomic E-state index is 13.1. The number of piperidine rings is 1. The van der Waals surface area contributed by atoms with Crippen LogP contribution in [0.3, 0.4) is 0 Å². The number of ether oxygens (including phenoxy) is 5. The fourth-order valence-corrected chi connectivity index (χ4v) is 11.9. The lowest BCUT2D eigenvalue weighted by molar-refractivity contribution is -0.320. The number of hydrogen-bond acceptors (Lipinski definition) is 9. The zero-order valence-electron chi connectivity index (χ0n) is 24.2. The molecule has 9 heteroatoms. The third-order valence-electron chi connectivity index (χ3n) is 12.5. The molecule has 11 unspecified atom stereocenters. The van der Waals surface area contributed by atoms with Gasteiger partial charge in [0.25, 0.3) is 0 Å². The number of hydrogen-bond donors (Lipinski definition) is 3. The van der Waals surface area contributed by atoms with Crippen molar-refractivity contribution in [2.24, 2.45) is 34.5 Å². The third-order valence-corrected chi connectivity index (χ3v) is 12.5. The van der Waals surface area contributed by atoms with E-state index >= 15 is 0 Å². The Bertz CT molecular complexity index is 1120. The largest absolute Gasteiger partial charge is 0.387 e. The van der Waals surface area contributed by atoms with E-state index in [-0.39, 0.29) is 35.5 Å². The van der Waals surface area contributed by atoms with Gasteiger partial charge in [-0.25, -0.2) is 0 Å². The Labute approximate surface area is 236 Å². The molecule has 1 spiro atoms. The fraction of sp³-hybridized carbons (Fsp3) is 0.806. The summed E-state index contributed by atoms with van der Waals surface area (Å²) in [5.74, 6) is -1.11. The first-order valence-corrected chi connectivity index (χ1v) is 14.8. The summed E-state index contributed by atoms with van der Waals surface area (Å²) in [7, 11) is 8.92. The molecular weight excluding hydrogens is 514 g/mol. The lowest BCUT2D eigenvalue weighted by Gasteiger charge is -2.69. The van der Waals surface area contributed by atoms with E-state index in [0.717, 1.165) is 24.9 Å². The molecule has 6 aliphatic rings. The lowest BCUT2D eigenvalue weighted by atomic mass is 9.43. The minimum Gasteiger partial charge on any atom is -0.387 e. The first kappa shape index (κ1) is 27.7. The van der Waals surface area contributed by atoms with Gasteiger partial charge in [0, 0.05) is 69.6 Å². The highest BCUT2D eigenvalue weighted by Gasteiger charge is 2.89. The van der Waals surface area contributed by atoms with Crippen LogP contribution in [0.15, 0.2) is 30.3 Å². The third kappa shape index (κ3) is 2.99. The number of aliphatic hydroxyl groups excluding tert-OH is 1. The fourth-order valence-electron chi connectivity index (χ4n) is 11.9. The molecule has 1 aliphatic heterocycles. The number of aliphatic hydroxyl groups is 3. The predicted octanol–water partition coefficient (Wildman–Crippen LogP) is 1.08. The zero-order chi connectivity index (χ0) is 28.2. The van der Waals surface area contributed by atoms with Crippen LogP contribution in [0.1, 0.15) is 24.8 Å². The molecule has 0 radical (unpaired) electrons. The lowest BCUT2D eigenvalue weighted by Crippen LogP contribution is -2.79. The van der Waals surface area contributed by atoms with E-state index in [4.69, 9.17) is 23.7 Å². The Balaban J connectivity index is 1.44. The second-order valence-corrected chi connectivity index (χ2v) is 13.7. The molecular formula is C31H45NO8. The molecule has 1 heterocycles. The van der Waals surface area contributed by atoms with Gasteiger partial charge in [0.1, 0.15) is 23.4 Å². The molecule has 7 bridgehead atoms. The Hall–Kier alpha value is -1.14. The van der Waals surface area contributed by atoms with Gasteiger partial charge < -0.3 is 43.9 Å². The molecule has 40 heavy (non-hydrogen) atoms. The van der Waals surface area contributed by atoms with Gasteiger partial charge in [-0.05, 0) is 37.8 Å². The summed E-state index contributed by atoms with van der Waals surface area (Å²) in [6.45, 7) is 1.69. The smallest absolute Gasteiger partial charge is 0.120 e. The molecule has 5 aliphatic carbocycles. The second-order valence-electron chi connectivity index (χ2n) is 13.7. The van der Waals surface area contributed by atoms with Crippen LogP contribution < -0.4 is 0 Å². The molecule has 3 N–H and O–H groups in total. The first-order chi connectivity index (χ1) is 19.2. The molecule has 14 atom stereocenters. The second kappa shape index (κ2) is 9.18. The molecule has 5 saturated carbocycles. The van der Waals surface area contributed by atoms with Crippen LogP contribution >= 0.6 is 0 Å². The van der Waals surface area contributed by atoms with E-state index in [1.165, 1.54) is 7.11 Å². The van der Waals surface area contributed by atoms with E-state index in [2.05, 4.69) is 11.9 Å². The summed E-state index contributed by atoms with van der Waals surface area (Å²) >= 11 is 0. The van der Waals surface area contributed by atoms with Crippen LogP contribution in [-0.2, 0) is 30.3 Å². The average Bonchev–Trinajstić information content (AvgIpc) is 3.35. The summed E-state index contributed by atoms with van der Waals surface area (Å²) in [4.78, 5) is 2.38. The average molecular weight is 560 g/mol. The number of benzene rings is 1. The van der Waals surface area contributed by atoms with Crippen molar-refractivity contribution in [3.05, 3.63) is 35.9 Å². The van der Waals surface area contributed by atoms with E-state index < -0.39 is 46.8 Å². The number of fused-ring (bicyclic) bond motifs is 2. The molecule has 6 fully saturated rings. The van der Waals surface area contributed by atoms with Crippen molar-refractivity contribution in [2.45, 2.75) is 73.6 Å². The minimum atomic E-state index is -1.60. The van der Waals surface area contributed by atoms with Crippen molar-refractivity contribution in [3.63, 3.8) is 0 Å². The van der Waals surface area contributed by atoms with Crippen molar-refractivity contribution < 1.29 is 39.0 Å². The molecule has 222 valence electrons. The monoisotopic (exact) mass is 559 g/mol. The normalized spacial score (nSPS) is 54.1. The molecule has 7 rings (SSSR count). The Morgan fingerprint density at radius 3 is 2.38 bits per heavy atom. The van der Waals surface area contributed by atoms with Crippen molar-refractivity contribution in [3.8, 4) is 0 Å². The van der Waals surface area contributed by atoms with Crippen LogP contribution in [-0.4, -0.2) is 117 Å². The van der Waals surface area contributed by atoms with Crippen LogP contribution in [0.2, 0.25) is 0 Å². The number of likely N-dealkylation sites (tertiary alicyclic amines) is 1. The molecule has 9 nitrogen and oxygen atoms in total. The van der Waals surface area contributed by atoms with Gasteiger partial charge in [-0.3, -0.25) is 0 Å². The van der Waals surface area contributed by atoms with Gasteiger partial charge in [0.2, 0.25) is 0 Å². The van der Waals surface area contributed by atoms with Crippen LogP contribution in [0.25, 0.3) is 0 Å². The molecule has 1 aromatic carbocycles. The van der Waals surface area contributed by atoms with Gasteiger partial charge in [-0.2, -0.15) is 0 Å². The Morgan fingerprint density at radius 1 is 0.975 bits per heavy atom. The topological polar surface area (TPSA) is 110 Å². The summed E-state index contributed by atoms with van der Waals surface area (Å²) in [6, 6.07) is 9.78. The highest BCUT2D eigenvalue weighted by Crippen LogP contribution is 2.80. The standard InChI is InChI=1S/C31H45NO8/c1-32-15-28(16-36-2)12-11-19(37-3)30-18-13-29(34)26(40-14-17-9-7-6-8-10-17)20(18)31(35,25(33)27(29)39-5)21(24(30)32)22(38-4)23(28)30/h6-10,18-27,33-35H,11-16H2,1-5H3/t18?,19?,20?,21?,22?,23?,24?,25?,26?,27-,28?,29+,30?,31+/m0/s1. The van der Waals surface area contributed by atoms with E-state index in [1.807, 2.05) is 30.3 Å². The zero-order valence-corrected chi connectivity index (χ0v) is 24.2. The summed E-state index contributed by atoms with van der Waals surface area (Å²) < 4.78 is 31.2.